The molecule has 0 aliphatic heterocycles. The normalized spacial score (nSPS) is 27.0. The standard InChI is InChI=1S/2C15H27.2U/c1-10-11(2)14(6,7)15(8,9)12(3)13(10,4)5;1-10-11(2)13(4,5)15(8,9)14(6,7)12(10)3;;/h2*1-9H3;;/q2*-1;;. The van der Waals surface area contributed by atoms with Crippen LogP contribution in [0.15, 0.2) is 22.3 Å². The zero-order valence-electron chi connectivity index (χ0n) is 25.0. The van der Waals surface area contributed by atoms with Crippen molar-refractivity contribution in [2.24, 2.45) is 32.5 Å². The Morgan fingerprint density at radius 1 is 0.500 bits per heavy atom. The second-order valence-electron chi connectivity index (χ2n) is 13.5. The molecule has 32 heavy (non-hydrogen) atoms. The van der Waals surface area contributed by atoms with Gasteiger partial charge in [0.15, 0.2) is 0 Å². The quantitative estimate of drug-likeness (QED) is 0.168. The molecule has 0 fully saturated rings. The molecule has 0 nitrogen and oxygen atoms in total. The summed E-state index contributed by atoms with van der Waals surface area (Å²) in [5.41, 5.74) is 7.87. The molecule has 0 amide bonds. The Morgan fingerprint density at radius 2 is 0.875 bits per heavy atom. The van der Waals surface area contributed by atoms with Gasteiger partial charge in [-0.15, -0.1) is 24.7 Å². The summed E-state index contributed by atoms with van der Waals surface area (Å²) < 4.78 is 0. The van der Waals surface area contributed by atoms with E-state index in [0.29, 0.717) is 5.41 Å². The number of allylic oxidation sites excluding steroid dienone is 4. The molecule has 0 bridgehead atoms. The van der Waals surface area contributed by atoms with Gasteiger partial charge in [-0.1, -0.05) is 112 Å². The monoisotopic (exact) mass is 891 g/mol. The van der Waals surface area contributed by atoms with Crippen molar-refractivity contribution in [3.63, 3.8) is 0 Å². The van der Waals surface area contributed by atoms with Gasteiger partial charge in [-0.3, -0.25) is 0 Å². The van der Waals surface area contributed by atoms with Gasteiger partial charge in [0, 0.05) is 62.2 Å². The molecule has 184 valence electrons. The van der Waals surface area contributed by atoms with Crippen molar-refractivity contribution in [2.75, 3.05) is 0 Å². The zero-order valence-corrected chi connectivity index (χ0v) is 33.3. The largest absolute Gasteiger partial charge is 0.301 e. The molecule has 2 aliphatic carbocycles. The summed E-state index contributed by atoms with van der Waals surface area (Å²) >= 11 is 0. The number of hydrogen-bond donors (Lipinski definition) is 0. The van der Waals surface area contributed by atoms with Gasteiger partial charge >= 0.3 is 0 Å². The molecule has 2 aliphatic rings. The summed E-state index contributed by atoms with van der Waals surface area (Å²) in [4.78, 5) is 0. The average Bonchev–Trinajstić information content (AvgIpc) is 2.62. The zero-order chi connectivity index (χ0) is 24.5. The summed E-state index contributed by atoms with van der Waals surface area (Å²) in [7, 11) is 0. The van der Waals surface area contributed by atoms with Crippen molar-refractivity contribution in [3.05, 3.63) is 34.1 Å². The fourth-order valence-corrected chi connectivity index (χ4v) is 5.88. The minimum absolute atomic E-state index is 0. The molecule has 2 rings (SSSR count). The number of hydrogen-bond acceptors (Lipinski definition) is 0. The van der Waals surface area contributed by atoms with Crippen LogP contribution in [-0.4, -0.2) is 0 Å². The van der Waals surface area contributed by atoms with Gasteiger partial charge in [0.1, 0.15) is 0 Å². The Balaban J connectivity index is 0. The smallest absolute Gasteiger partial charge is 0 e. The van der Waals surface area contributed by atoms with Crippen molar-refractivity contribution in [2.45, 2.75) is 125 Å². The summed E-state index contributed by atoms with van der Waals surface area (Å²) in [5.74, 6) is 3.17. The van der Waals surface area contributed by atoms with Gasteiger partial charge in [-0.05, 0) is 24.7 Å². The van der Waals surface area contributed by atoms with Crippen LogP contribution >= 0.6 is 0 Å². The van der Waals surface area contributed by atoms with Crippen molar-refractivity contribution in [1.29, 1.82) is 0 Å². The summed E-state index contributed by atoms with van der Waals surface area (Å²) in [6.45, 7) is 42.5. The third kappa shape index (κ3) is 4.99. The summed E-state index contributed by atoms with van der Waals surface area (Å²) in [5, 5.41) is 0. The van der Waals surface area contributed by atoms with Crippen molar-refractivity contribution < 1.29 is 62.2 Å². The molecule has 0 unspecified atom stereocenters. The van der Waals surface area contributed by atoms with Gasteiger partial charge in [-0.25, -0.2) is 17.1 Å². The molecule has 0 heterocycles. The molecule has 2 heteroatoms. The molecule has 0 saturated heterocycles. The molecule has 0 aromatic rings. The van der Waals surface area contributed by atoms with Gasteiger partial charge in [-0.2, -0.15) is 6.92 Å². The first-order valence-electron chi connectivity index (χ1n) is 12.0. The minimum Gasteiger partial charge on any atom is -0.301 e. The van der Waals surface area contributed by atoms with Gasteiger partial charge in [0.2, 0.25) is 0 Å². The topological polar surface area (TPSA) is 0 Å². The second kappa shape index (κ2) is 10.4. The van der Waals surface area contributed by atoms with E-state index >= 15 is 0 Å². The number of rotatable bonds is 0. The van der Waals surface area contributed by atoms with Crippen LogP contribution in [0.5, 0.6) is 0 Å². The fraction of sp³-hybridized carbons (Fsp3) is 0.800. The fourth-order valence-electron chi connectivity index (χ4n) is 5.88. The molecular formula is C30H54U2-2. The van der Waals surface area contributed by atoms with E-state index in [1.54, 1.807) is 28.6 Å². The van der Waals surface area contributed by atoms with Crippen LogP contribution < -0.4 is 0 Å². The van der Waals surface area contributed by atoms with Crippen LogP contribution in [0.1, 0.15) is 125 Å². The Hall–Kier alpha value is 1.45. The van der Waals surface area contributed by atoms with E-state index < -0.39 is 0 Å². The van der Waals surface area contributed by atoms with Crippen LogP contribution in [0.4, 0.5) is 0 Å². The van der Waals surface area contributed by atoms with Crippen molar-refractivity contribution in [1.82, 2.24) is 0 Å². The van der Waals surface area contributed by atoms with Gasteiger partial charge in [0.05, 0.1) is 0 Å². The van der Waals surface area contributed by atoms with E-state index in [9.17, 15) is 0 Å². The molecule has 0 aromatic heterocycles. The maximum Gasteiger partial charge on any atom is 0 e. The first kappa shape index (κ1) is 35.6. The Bertz CT molecular complexity index is 737. The Labute approximate surface area is 251 Å². The van der Waals surface area contributed by atoms with E-state index in [2.05, 4.69) is 125 Å². The van der Waals surface area contributed by atoms with Gasteiger partial charge in [0.25, 0.3) is 0 Å². The van der Waals surface area contributed by atoms with Gasteiger partial charge < -0.3 is 5.92 Å². The third-order valence-corrected chi connectivity index (χ3v) is 12.0. The maximum atomic E-state index is 2.41. The minimum atomic E-state index is 0. The molecule has 0 atom stereocenters. The van der Waals surface area contributed by atoms with E-state index in [4.69, 9.17) is 0 Å². The van der Waals surface area contributed by atoms with Crippen LogP contribution in [0.2, 0.25) is 0 Å². The van der Waals surface area contributed by atoms with E-state index in [1.807, 2.05) is 0 Å². The predicted octanol–water partition coefficient (Wildman–Crippen LogP) is 10.0. The van der Waals surface area contributed by atoms with E-state index in [0.717, 1.165) is 0 Å². The van der Waals surface area contributed by atoms with Crippen LogP contribution in [-0.2, 0) is 0 Å². The van der Waals surface area contributed by atoms with Crippen LogP contribution in [0.25, 0.3) is 0 Å². The molecule has 0 N–H and O–H groups in total. The predicted molar refractivity (Wildman–Crippen MR) is 137 cm³/mol. The summed E-state index contributed by atoms with van der Waals surface area (Å²) in [6, 6.07) is 0. The first-order chi connectivity index (χ1) is 12.9. The second-order valence-corrected chi connectivity index (χ2v) is 13.5. The molecule has 0 radical (unpaired) electrons. The van der Waals surface area contributed by atoms with E-state index in [1.165, 1.54) is 5.57 Å². The van der Waals surface area contributed by atoms with Crippen molar-refractivity contribution in [3.8, 4) is 0 Å². The van der Waals surface area contributed by atoms with Crippen molar-refractivity contribution >= 4 is 0 Å². The van der Waals surface area contributed by atoms with E-state index in [-0.39, 0.29) is 89.3 Å². The SMILES string of the molecule is CC1=C(C)C(C)(C)C(C)(C)C(C)(C)[C-]1C.CC1=C(C)C(C)(C)C(C)(C)[C-](C)C1(C)C.[U].[U]. The molecular weight excluding hydrogens is 836 g/mol. The summed E-state index contributed by atoms with van der Waals surface area (Å²) in [6.07, 6.45) is 0. The third-order valence-electron chi connectivity index (χ3n) is 12.0. The Morgan fingerprint density at radius 3 is 1.25 bits per heavy atom. The molecule has 0 saturated carbocycles. The van der Waals surface area contributed by atoms with Crippen LogP contribution in [0, 0.1) is 107 Å². The van der Waals surface area contributed by atoms with Crippen LogP contribution in [0.3, 0.4) is 0 Å². The average molecular weight is 891 g/mol. The first-order valence-corrected chi connectivity index (χ1v) is 12.0. The molecule has 0 spiro atoms. The maximum absolute atomic E-state index is 2.41. The molecule has 0 aromatic carbocycles. The Kier molecular flexibility index (Phi) is 11.6.